The second kappa shape index (κ2) is 3.14. The Kier molecular flexibility index (Phi) is 1.96. The van der Waals surface area contributed by atoms with Crippen LogP contribution in [0.25, 0.3) is 11.3 Å². The van der Waals surface area contributed by atoms with E-state index in [1.807, 2.05) is 30.8 Å². The first-order valence-corrected chi connectivity index (χ1v) is 4.38. The minimum Gasteiger partial charge on any atom is -0.383 e. The predicted molar refractivity (Wildman–Crippen MR) is 55.6 cm³/mol. The topological polar surface area (TPSA) is 56.7 Å². The molecule has 2 heterocycles. The van der Waals surface area contributed by atoms with Crippen LogP contribution in [0.3, 0.4) is 0 Å². The molecule has 2 aromatic heterocycles. The maximum atomic E-state index is 5.80. The van der Waals surface area contributed by atoms with Gasteiger partial charge in [-0.25, -0.2) is 9.97 Å². The second-order valence-corrected chi connectivity index (χ2v) is 3.31. The molecule has 4 nitrogen and oxygen atoms in total. The number of nitrogens with zero attached hydrogens (tertiary/aromatic N) is 3. The van der Waals surface area contributed by atoms with E-state index in [4.69, 9.17) is 5.73 Å². The van der Waals surface area contributed by atoms with Gasteiger partial charge in [-0.15, -0.1) is 0 Å². The third-order valence-electron chi connectivity index (χ3n) is 2.15. The van der Waals surface area contributed by atoms with Crippen molar-refractivity contribution in [2.45, 2.75) is 6.92 Å². The van der Waals surface area contributed by atoms with Crippen molar-refractivity contribution in [3.8, 4) is 11.3 Å². The van der Waals surface area contributed by atoms with Gasteiger partial charge in [0.2, 0.25) is 0 Å². The molecule has 0 aliphatic carbocycles. The van der Waals surface area contributed by atoms with E-state index in [0.29, 0.717) is 5.82 Å². The van der Waals surface area contributed by atoms with Gasteiger partial charge in [0, 0.05) is 25.0 Å². The number of imidazole rings is 1. The third-order valence-corrected chi connectivity index (χ3v) is 2.15. The molecule has 14 heavy (non-hydrogen) atoms. The number of pyridine rings is 1. The Balaban J connectivity index is 2.61. The Labute approximate surface area is 82.4 Å². The molecule has 0 bridgehead atoms. The minimum absolute atomic E-state index is 0.531. The highest BCUT2D eigenvalue weighted by atomic mass is 15.0. The maximum Gasteiger partial charge on any atom is 0.133 e. The molecule has 2 N–H and O–H groups in total. The second-order valence-electron chi connectivity index (χ2n) is 3.31. The summed E-state index contributed by atoms with van der Waals surface area (Å²) in [5.41, 5.74) is 8.69. The van der Waals surface area contributed by atoms with Crippen LogP contribution in [0.1, 0.15) is 5.56 Å². The summed E-state index contributed by atoms with van der Waals surface area (Å²) in [7, 11) is 1.93. The summed E-state index contributed by atoms with van der Waals surface area (Å²) >= 11 is 0. The largest absolute Gasteiger partial charge is 0.383 e. The first-order valence-electron chi connectivity index (χ1n) is 4.38. The molecule has 0 saturated heterocycles. The summed E-state index contributed by atoms with van der Waals surface area (Å²) in [6.07, 6.45) is 5.39. The normalized spacial score (nSPS) is 10.4. The van der Waals surface area contributed by atoms with Crippen molar-refractivity contribution in [2.24, 2.45) is 7.05 Å². The van der Waals surface area contributed by atoms with Crippen molar-refractivity contribution in [1.29, 1.82) is 0 Å². The van der Waals surface area contributed by atoms with Gasteiger partial charge in [0.05, 0.1) is 12.0 Å². The molecule has 0 aromatic carbocycles. The zero-order valence-electron chi connectivity index (χ0n) is 8.23. The lowest BCUT2D eigenvalue weighted by Gasteiger charge is -2.04. The van der Waals surface area contributed by atoms with E-state index < -0.39 is 0 Å². The summed E-state index contributed by atoms with van der Waals surface area (Å²) in [5, 5.41) is 0. The summed E-state index contributed by atoms with van der Waals surface area (Å²) < 4.78 is 1.89. The van der Waals surface area contributed by atoms with E-state index in [0.717, 1.165) is 16.8 Å². The minimum atomic E-state index is 0.531. The van der Waals surface area contributed by atoms with Crippen LogP contribution >= 0.6 is 0 Å². The Morgan fingerprint density at radius 1 is 1.36 bits per heavy atom. The molecular formula is C10H12N4. The fourth-order valence-electron chi connectivity index (χ4n) is 1.45. The third kappa shape index (κ3) is 1.35. The molecule has 0 unspecified atom stereocenters. The van der Waals surface area contributed by atoms with Gasteiger partial charge in [0.1, 0.15) is 5.82 Å². The Morgan fingerprint density at radius 2 is 2.14 bits per heavy atom. The van der Waals surface area contributed by atoms with E-state index in [1.54, 1.807) is 12.5 Å². The van der Waals surface area contributed by atoms with Gasteiger partial charge in [-0.05, 0) is 18.6 Å². The lowest BCUT2D eigenvalue weighted by atomic mass is 10.1. The molecular weight excluding hydrogens is 176 g/mol. The highest BCUT2D eigenvalue weighted by Gasteiger charge is 2.08. The molecule has 0 radical (unpaired) electrons. The number of anilines is 1. The molecule has 4 heteroatoms. The zero-order chi connectivity index (χ0) is 10.1. The summed E-state index contributed by atoms with van der Waals surface area (Å²) in [6, 6.07) is 1.93. The molecule has 0 amide bonds. The van der Waals surface area contributed by atoms with Gasteiger partial charge in [0.25, 0.3) is 0 Å². The zero-order valence-corrected chi connectivity index (χ0v) is 8.23. The van der Waals surface area contributed by atoms with E-state index in [1.165, 1.54) is 0 Å². The molecule has 0 atom stereocenters. The first-order chi connectivity index (χ1) is 6.68. The van der Waals surface area contributed by atoms with Crippen molar-refractivity contribution < 1.29 is 0 Å². The van der Waals surface area contributed by atoms with Gasteiger partial charge < -0.3 is 10.3 Å². The number of nitrogens with two attached hydrogens (primary N) is 1. The predicted octanol–water partition coefficient (Wildman–Crippen LogP) is 1.37. The average molecular weight is 188 g/mol. The van der Waals surface area contributed by atoms with Gasteiger partial charge >= 0.3 is 0 Å². The van der Waals surface area contributed by atoms with Crippen LogP contribution in [0.5, 0.6) is 0 Å². The van der Waals surface area contributed by atoms with E-state index in [9.17, 15) is 0 Å². The monoisotopic (exact) mass is 188 g/mol. The number of aryl methyl sites for hydroxylation is 2. The van der Waals surface area contributed by atoms with Gasteiger partial charge in [-0.1, -0.05) is 0 Å². The molecule has 72 valence electrons. The summed E-state index contributed by atoms with van der Waals surface area (Å²) in [4.78, 5) is 8.30. The number of hydrogen-bond acceptors (Lipinski definition) is 3. The molecule has 0 aliphatic heterocycles. The molecule has 2 aromatic rings. The molecule has 2 rings (SSSR count). The van der Waals surface area contributed by atoms with Gasteiger partial charge in [-0.3, -0.25) is 0 Å². The highest BCUT2D eigenvalue weighted by molar-refractivity contribution is 5.73. The van der Waals surface area contributed by atoms with Crippen LogP contribution < -0.4 is 5.73 Å². The smallest absolute Gasteiger partial charge is 0.133 e. The highest BCUT2D eigenvalue weighted by Crippen LogP contribution is 2.25. The number of hydrogen-bond donors (Lipinski definition) is 1. The van der Waals surface area contributed by atoms with E-state index in [-0.39, 0.29) is 0 Å². The number of rotatable bonds is 1. The van der Waals surface area contributed by atoms with E-state index >= 15 is 0 Å². The standard InChI is InChI=1S/C10H12N4/c1-7-3-4-12-10(11)9(7)8-5-14(2)6-13-8/h3-6H,1-2H3,(H2,11,12). The average Bonchev–Trinajstić information content (AvgIpc) is 2.51. The van der Waals surface area contributed by atoms with Gasteiger partial charge in [0.15, 0.2) is 0 Å². The Bertz CT molecular complexity index is 439. The lowest BCUT2D eigenvalue weighted by molar-refractivity contribution is 0.913. The molecule has 0 spiro atoms. The van der Waals surface area contributed by atoms with Crippen molar-refractivity contribution in [3.05, 3.63) is 30.4 Å². The summed E-state index contributed by atoms with van der Waals surface area (Å²) in [6.45, 7) is 2.00. The van der Waals surface area contributed by atoms with Crippen molar-refractivity contribution in [2.75, 3.05) is 5.73 Å². The SMILES string of the molecule is Cc1ccnc(N)c1-c1cn(C)cn1. The van der Waals surface area contributed by atoms with Crippen molar-refractivity contribution >= 4 is 5.82 Å². The quantitative estimate of drug-likeness (QED) is 0.735. The van der Waals surface area contributed by atoms with Gasteiger partial charge in [-0.2, -0.15) is 0 Å². The van der Waals surface area contributed by atoms with Crippen LogP contribution in [0.2, 0.25) is 0 Å². The maximum absolute atomic E-state index is 5.80. The first kappa shape index (κ1) is 8.74. The lowest BCUT2D eigenvalue weighted by Crippen LogP contribution is -1.96. The van der Waals surface area contributed by atoms with Crippen LogP contribution in [0, 0.1) is 6.92 Å². The van der Waals surface area contributed by atoms with Crippen molar-refractivity contribution in [1.82, 2.24) is 14.5 Å². The van der Waals surface area contributed by atoms with Crippen LogP contribution in [-0.2, 0) is 7.05 Å². The van der Waals surface area contributed by atoms with Crippen LogP contribution in [-0.4, -0.2) is 14.5 Å². The number of aromatic nitrogens is 3. The molecule has 0 saturated carbocycles. The fraction of sp³-hybridized carbons (Fsp3) is 0.200. The summed E-state index contributed by atoms with van der Waals surface area (Å²) in [5.74, 6) is 0.531. The Hall–Kier alpha value is -1.84. The molecule has 0 fully saturated rings. The van der Waals surface area contributed by atoms with E-state index in [2.05, 4.69) is 9.97 Å². The van der Waals surface area contributed by atoms with Crippen LogP contribution in [0.15, 0.2) is 24.8 Å². The Morgan fingerprint density at radius 3 is 2.71 bits per heavy atom. The van der Waals surface area contributed by atoms with Crippen molar-refractivity contribution in [3.63, 3.8) is 0 Å². The fourth-order valence-corrected chi connectivity index (χ4v) is 1.45. The molecule has 0 aliphatic rings. The number of nitrogen functional groups attached to an aromatic ring is 1. The van der Waals surface area contributed by atoms with Crippen LogP contribution in [0.4, 0.5) is 5.82 Å².